The molecule has 0 fully saturated rings. The summed E-state index contributed by atoms with van der Waals surface area (Å²) in [6, 6.07) is 30.2. The maximum atomic E-state index is 4.34. The lowest BCUT2D eigenvalue weighted by Gasteiger charge is -2.27. The fraction of sp³-hybridized carbons (Fsp3) is 0.212. The Kier molecular flexibility index (Phi) is 10.7. The van der Waals surface area contributed by atoms with Gasteiger partial charge in [0.15, 0.2) is 0 Å². The second-order valence-electron chi connectivity index (χ2n) is 8.68. The van der Waals surface area contributed by atoms with Gasteiger partial charge >= 0.3 is 0 Å². The van der Waals surface area contributed by atoms with Crippen LogP contribution in [0.2, 0.25) is 0 Å². The molecule has 0 saturated heterocycles. The minimum absolute atomic E-state index is 0.247. The Morgan fingerprint density at radius 1 is 0.800 bits per heavy atom. The Morgan fingerprint density at radius 2 is 1.49 bits per heavy atom. The van der Waals surface area contributed by atoms with Crippen LogP contribution in [0.3, 0.4) is 0 Å². The minimum atomic E-state index is 0.247. The fourth-order valence-corrected chi connectivity index (χ4v) is 5.11. The summed E-state index contributed by atoms with van der Waals surface area (Å²) in [5, 5.41) is 0. The first-order valence-electron chi connectivity index (χ1n) is 12.3. The molecule has 0 aliphatic carbocycles. The van der Waals surface area contributed by atoms with Gasteiger partial charge in [0.05, 0.1) is 0 Å². The lowest BCUT2D eigenvalue weighted by molar-refractivity contribution is 0.733. The van der Waals surface area contributed by atoms with E-state index in [1.165, 1.54) is 21.8 Å². The van der Waals surface area contributed by atoms with Crippen LogP contribution in [0.1, 0.15) is 37.2 Å². The highest BCUT2D eigenvalue weighted by atomic mass is 32.2. The number of allylic oxidation sites excluding steroid dienone is 4. The van der Waals surface area contributed by atoms with Crippen LogP contribution in [0, 0.1) is 0 Å². The summed E-state index contributed by atoms with van der Waals surface area (Å²) in [4.78, 5) is 3.73. The zero-order valence-electron chi connectivity index (χ0n) is 20.7. The molecule has 0 aromatic heterocycles. The Bertz CT molecular complexity index is 1100. The average Bonchev–Trinajstić information content (AvgIpc) is 2.91. The largest absolute Gasteiger partial charge is 0.341 e. The van der Waals surface area contributed by atoms with Crippen molar-refractivity contribution in [2.45, 2.75) is 36.5 Å². The number of nitrogens with zero attached hydrogens (tertiary/aromatic N) is 1. The number of unbranched alkanes of at least 4 members (excludes halogenated alkanes) is 1. The van der Waals surface area contributed by atoms with Gasteiger partial charge in [-0.3, -0.25) is 0 Å². The van der Waals surface area contributed by atoms with Crippen molar-refractivity contribution in [2.75, 3.05) is 17.2 Å². The van der Waals surface area contributed by atoms with Crippen molar-refractivity contribution in [3.05, 3.63) is 140 Å². The number of para-hydroxylation sites is 1. The van der Waals surface area contributed by atoms with Gasteiger partial charge in [0.2, 0.25) is 0 Å². The second kappa shape index (κ2) is 14.2. The predicted octanol–water partition coefficient (Wildman–Crippen LogP) is 9.75. The Labute approximate surface area is 216 Å². The van der Waals surface area contributed by atoms with Crippen molar-refractivity contribution in [1.82, 2.24) is 0 Å². The zero-order chi connectivity index (χ0) is 24.9. The van der Waals surface area contributed by atoms with Gasteiger partial charge in [-0.25, -0.2) is 0 Å². The summed E-state index contributed by atoms with van der Waals surface area (Å²) in [6.45, 7) is 17.2. The van der Waals surface area contributed by atoms with Gasteiger partial charge in [-0.1, -0.05) is 92.6 Å². The predicted molar refractivity (Wildman–Crippen MR) is 157 cm³/mol. The van der Waals surface area contributed by atoms with Gasteiger partial charge < -0.3 is 4.90 Å². The van der Waals surface area contributed by atoms with Crippen molar-refractivity contribution in [2.24, 2.45) is 0 Å². The third-order valence-electron chi connectivity index (χ3n) is 6.20. The summed E-state index contributed by atoms with van der Waals surface area (Å²) >= 11 is 1.90. The van der Waals surface area contributed by atoms with Crippen LogP contribution in [0.25, 0.3) is 0 Å². The molecule has 2 heteroatoms. The van der Waals surface area contributed by atoms with Gasteiger partial charge in [0.25, 0.3) is 0 Å². The van der Waals surface area contributed by atoms with E-state index in [4.69, 9.17) is 0 Å². The van der Waals surface area contributed by atoms with Gasteiger partial charge in [-0.2, -0.15) is 0 Å². The molecule has 3 aromatic carbocycles. The van der Waals surface area contributed by atoms with Crippen LogP contribution in [-0.4, -0.2) is 12.3 Å². The quantitative estimate of drug-likeness (QED) is 0.121. The number of hydrogen-bond donors (Lipinski definition) is 0. The molecule has 0 spiro atoms. The fourth-order valence-electron chi connectivity index (χ4n) is 4.17. The molecule has 0 radical (unpaired) electrons. The summed E-state index contributed by atoms with van der Waals surface area (Å²) in [6.07, 6.45) is 7.96. The summed E-state index contributed by atoms with van der Waals surface area (Å²) in [5.41, 5.74) is 5.91. The van der Waals surface area contributed by atoms with Crippen molar-refractivity contribution in [3.8, 4) is 0 Å². The second-order valence-corrected chi connectivity index (χ2v) is 9.85. The zero-order valence-corrected chi connectivity index (χ0v) is 21.6. The molecule has 1 nitrogen and oxygen atoms in total. The van der Waals surface area contributed by atoms with Crippen LogP contribution >= 0.6 is 11.8 Å². The van der Waals surface area contributed by atoms with Crippen LogP contribution in [-0.2, 0) is 0 Å². The number of benzene rings is 3. The molecular formula is C33H37NS. The highest BCUT2D eigenvalue weighted by molar-refractivity contribution is 7.99. The lowest BCUT2D eigenvalue weighted by Crippen LogP contribution is -2.19. The van der Waals surface area contributed by atoms with E-state index in [1.807, 2.05) is 23.9 Å². The summed E-state index contributed by atoms with van der Waals surface area (Å²) in [7, 11) is 0. The molecule has 1 unspecified atom stereocenters. The standard InChI is InChI=1S/C33H37NS/c1-5-27(3)16-13-14-24-34(30-18-9-7-10-19-30)31-20-15-17-29(26-31)33(28(4)6-2)23-25-35-32-21-11-8-12-22-32/h5-12,15,17-22,26,33H,1-4,13-14,16,23-25H2. The van der Waals surface area contributed by atoms with E-state index in [-0.39, 0.29) is 5.92 Å². The van der Waals surface area contributed by atoms with Crippen LogP contribution in [0.4, 0.5) is 11.4 Å². The molecule has 180 valence electrons. The van der Waals surface area contributed by atoms with E-state index in [0.29, 0.717) is 0 Å². The van der Waals surface area contributed by atoms with Gasteiger partial charge in [-0.15, -0.1) is 11.8 Å². The maximum Gasteiger partial charge on any atom is 0.0413 e. The highest BCUT2D eigenvalue weighted by Gasteiger charge is 2.16. The van der Waals surface area contributed by atoms with Crippen LogP contribution in [0.15, 0.2) is 139 Å². The Morgan fingerprint density at radius 3 is 2.17 bits per heavy atom. The molecule has 0 aliphatic heterocycles. The molecule has 0 bridgehead atoms. The van der Waals surface area contributed by atoms with Crippen molar-refractivity contribution >= 4 is 23.1 Å². The molecule has 0 amide bonds. The van der Waals surface area contributed by atoms with Gasteiger partial charge in [0.1, 0.15) is 0 Å². The maximum absolute atomic E-state index is 4.34. The topological polar surface area (TPSA) is 3.24 Å². The first-order valence-corrected chi connectivity index (χ1v) is 13.3. The molecule has 0 heterocycles. The first-order chi connectivity index (χ1) is 17.1. The van der Waals surface area contributed by atoms with Crippen LogP contribution in [0.5, 0.6) is 0 Å². The highest BCUT2D eigenvalue weighted by Crippen LogP contribution is 2.34. The smallest absolute Gasteiger partial charge is 0.0413 e. The van der Waals surface area contributed by atoms with E-state index >= 15 is 0 Å². The summed E-state index contributed by atoms with van der Waals surface area (Å²) < 4.78 is 0. The number of anilines is 2. The van der Waals surface area contributed by atoms with E-state index in [2.05, 4.69) is 116 Å². The van der Waals surface area contributed by atoms with Gasteiger partial charge in [-0.05, 0) is 79.0 Å². The lowest BCUT2D eigenvalue weighted by atomic mass is 9.89. The number of thioether (sulfide) groups is 1. The first kappa shape index (κ1) is 26.4. The number of hydrogen-bond acceptors (Lipinski definition) is 2. The van der Waals surface area contributed by atoms with E-state index < -0.39 is 0 Å². The molecule has 0 N–H and O–H groups in total. The molecular weight excluding hydrogens is 442 g/mol. The third-order valence-corrected chi connectivity index (χ3v) is 7.24. The van der Waals surface area contributed by atoms with E-state index in [1.54, 1.807) is 0 Å². The van der Waals surface area contributed by atoms with Crippen molar-refractivity contribution < 1.29 is 0 Å². The van der Waals surface area contributed by atoms with E-state index in [9.17, 15) is 0 Å². The molecule has 3 aromatic rings. The van der Waals surface area contributed by atoms with Crippen LogP contribution < -0.4 is 4.90 Å². The Balaban J connectivity index is 1.78. The SMILES string of the molecule is C=CC(=C)CCCCN(c1ccccc1)c1cccc(C(CCSc2ccccc2)C(=C)C=C)c1. The molecule has 0 saturated carbocycles. The number of rotatable bonds is 15. The molecule has 1 atom stereocenters. The van der Waals surface area contributed by atoms with Gasteiger partial charge in [0, 0.05) is 28.7 Å². The Hall–Kier alpha value is -3.23. The minimum Gasteiger partial charge on any atom is -0.341 e. The summed E-state index contributed by atoms with van der Waals surface area (Å²) in [5.74, 6) is 1.28. The average molecular weight is 480 g/mol. The normalized spacial score (nSPS) is 11.4. The molecule has 0 aliphatic rings. The monoisotopic (exact) mass is 479 g/mol. The third kappa shape index (κ3) is 8.19. The molecule has 3 rings (SSSR count). The molecule has 35 heavy (non-hydrogen) atoms. The van der Waals surface area contributed by atoms with Crippen molar-refractivity contribution in [3.63, 3.8) is 0 Å². The van der Waals surface area contributed by atoms with E-state index in [0.717, 1.165) is 49.1 Å². The van der Waals surface area contributed by atoms with Crippen molar-refractivity contribution in [1.29, 1.82) is 0 Å².